The molecule has 0 bridgehead atoms. The highest BCUT2D eigenvalue weighted by molar-refractivity contribution is 5.75. The van der Waals surface area contributed by atoms with Crippen molar-refractivity contribution in [2.45, 2.75) is 13.1 Å². The lowest BCUT2D eigenvalue weighted by Gasteiger charge is -2.28. The van der Waals surface area contributed by atoms with Crippen LogP contribution < -0.4 is 16.1 Å². The number of aryl methyl sites for hydroxylation is 1. The van der Waals surface area contributed by atoms with Crippen molar-refractivity contribution in [1.82, 2.24) is 18.7 Å². The second kappa shape index (κ2) is 8.47. The number of benzene rings is 2. The molecule has 3 heterocycles. The van der Waals surface area contributed by atoms with Gasteiger partial charge in [-0.2, -0.15) is 4.98 Å². The van der Waals surface area contributed by atoms with Crippen molar-refractivity contribution in [3.05, 3.63) is 92.6 Å². The van der Waals surface area contributed by atoms with Crippen LogP contribution in [0.1, 0.15) is 11.1 Å². The van der Waals surface area contributed by atoms with Crippen molar-refractivity contribution in [2.24, 2.45) is 7.05 Å². The van der Waals surface area contributed by atoms with Gasteiger partial charge < -0.3 is 9.64 Å². The molecule has 5 rings (SSSR count). The molecule has 8 nitrogen and oxygen atoms in total. The van der Waals surface area contributed by atoms with Gasteiger partial charge in [0.1, 0.15) is 0 Å². The first kappa shape index (κ1) is 20.3. The van der Waals surface area contributed by atoms with E-state index in [4.69, 9.17) is 9.72 Å². The predicted octanol–water partition coefficient (Wildman–Crippen LogP) is 1.83. The van der Waals surface area contributed by atoms with Crippen LogP contribution in [0.3, 0.4) is 0 Å². The Morgan fingerprint density at radius 2 is 1.41 bits per heavy atom. The lowest BCUT2D eigenvalue weighted by Crippen LogP contribution is -2.40. The number of aromatic nitrogens is 4. The van der Waals surface area contributed by atoms with Gasteiger partial charge in [0.2, 0.25) is 5.95 Å². The quantitative estimate of drug-likeness (QED) is 0.482. The number of anilines is 1. The summed E-state index contributed by atoms with van der Waals surface area (Å²) in [4.78, 5) is 33.7. The topological polar surface area (TPSA) is 74.3 Å². The fourth-order valence-electron chi connectivity index (χ4n) is 4.19. The zero-order valence-corrected chi connectivity index (χ0v) is 18.0. The normalized spacial score (nSPS) is 14.2. The molecular weight excluding hydrogens is 406 g/mol. The van der Waals surface area contributed by atoms with E-state index in [9.17, 15) is 9.59 Å². The lowest BCUT2D eigenvalue weighted by molar-refractivity contribution is 0.121. The average molecular weight is 431 g/mol. The average Bonchev–Trinajstić information content (AvgIpc) is 3.22. The van der Waals surface area contributed by atoms with Gasteiger partial charge in [-0.1, -0.05) is 60.7 Å². The number of hydrogen-bond acceptors (Lipinski definition) is 5. The van der Waals surface area contributed by atoms with Gasteiger partial charge in [0.05, 0.1) is 26.3 Å². The monoisotopic (exact) mass is 431 g/mol. The van der Waals surface area contributed by atoms with E-state index in [1.807, 2.05) is 65.2 Å². The van der Waals surface area contributed by atoms with Gasteiger partial charge >= 0.3 is 5.69 Å². The second-order valence-electron chi connectivity index (χ2n) is 7.97. The molecule has 0 amide bonds. The molecule has 164 valence electrons. The van der Waals surface area contributed by atoms with E-state index in [0.29, 0.717) is 50.0 Å². The van der Waals surface area contributed by atoms with Crippen LogP contribution in [0.2, 0.25) is 0 Å². The maximum absolute atomic E-state index is 13.7. The third-order valence-electron chi connectivity index (χ3n) is 5.87. The molecule has 0 spiro atoms. The van der Waals surface area contributed by atoms with Crippen molar-refractivity contribution in [2.75, 3.05) is 31.2 Å². The SMILES string of the molecule is Cn1c(=O)n(Cc2ccccc2)c(=O)c2c1nc(N1CCOCC1)n2Cc1ccccc1. The summed E-state index contributed by atoms with van der Waals surface area (Å²) in [7, 11) is 1.68. The first-order valence-electron chi connectivity index (χ1n) is 10.7. The van der Waals surface area contributed by atoms with Crippen LogP contribution in [0.5, 0.6) is 0 Å². The van der Waals surface area contributed by atoms with E-state index in [1.165, 1.54) is 9.13 Å². The number of rotatable bonds is 5. The largest absolute Gasteiger partial charge is 0.378 e. The number of imidazole rings is 1. The fourth-order valence-corrected chi connectivity index (χ4v) is 4.19. The Labute approximate surface area is 184 Å². The minimum Gasteiger partial charge on any atom is -0.378 e. The van der Waals surface area contributed by atoms with Crippen molar-refractivity contribution in [3.8, 4) is 0 Å². The van der Waals surface area contributed by atoms with Gasteiger partial charge in [0.15, 0.2) is 11.2 Å². The van der Waals surface area contributed by atoms with E-state index in [1.54, 1.807) is 7.05 Å². The van der Waals surface area contributed by atoms with Crippen LogP contribution in [0.15, 0.2) is 70.3 Å². The van der Waals surface area contributed by atoms with Crippen molar-refractivity contribution < 1.29 is 4.74 Å². The number of morpholine rings is 1. The third kappa shape index (κ3) is 3.62. The Kier molecular flexibility index (Phi) is 5.36. The molecule has 0 aliphatic carbocycles. The summed E-state index contributed by atoms with van der Waals surface area (Å²) >= 11 is 0. The Morgan fingerprint density at radius 1 is 0.844 bits per heavy atom. The number of ether oxygens (including phenoxy) is 1. The maximum Gasteiger partial charge on any atom is 0.332 e. The van der Waals surface area contributed by atoms with E-state index in [2.05, 4.69) is 4.90 Å². The van der Waals surface area contributed by atoms with Gasteiger partial charge in [0, 0.05) is 20.1 Å². The molecular formula is C24H25N5O3. The van der Waals surface area contributed by atoms with E-state index in [0.717, 1.165) is 11.1 Å². The van der Waals surface area contributed by atoms with Crippen LogP contribution >= 0.6 is 0 Å². The van der Waals surface area contributed by atoms with Crippen molar-refractivity contribution in [3.63, 3.8) is 0 Å². The van der Waals surface area contributed by atoms with Gasteiger partial charge in [-0.25, -0.2) is 4.79 Å². The number of fused-ring (bicyclic) bond motifs is 1. The summed E-state index contributed by atoms with van der Waals surface area (Å²) in [5.74, 6) is 0.691. The number of hydrogen-bond donors (Lipinski definition) is 0. The first-order chi connectivity index (χ1) is 15.6. The standard InChI is InChI=1S/C24H25N5O3/c1-26-21-20(22(30)29(24(26)31)17-19-10-6-3-7-11-19)28(16-18-8-4-2-5-9-18)23(25-21)27-12-14-32-15-13-27/h2-11H,12-17H2,1H3. The fraction of sp³-hybridized carbons (Fsp3) is 0.292. The third-order valence-corrected chi connectivity index (χ3v) is 5.87. The van der Waals surface area contributed by atoms with Crippen LogP contribution in [-0.2, 0) is 24.9 Å². The molecule has 2 aromatic carbocycles. The molecule has 32 heavy (non-hydrogen) atoms. The smallest absolute Gasteiger partial charge is 0.332 e. The highest BCUT2D eigenvalue weighted by Gasteiger charge is 2.24. The summed E-state index contributed by atoms with van der Waals surface area (Å²) in [5, 5.41) is 0. The maximum atomic E-state index is 13.7. The molecule has 1 aliphatic heterocycles. The summed E-state index contributed by atoms with van der Waals surface area (Å²) in [6.45, 7) is 3.28. The molecule has 4 aromatic rings. The first-order valence-corrected chi connectivity index (χ1v) is 10.7. The predicted molar refractivity (Wildman–Crippen MR) is 123 cm³/mol. The number of nitrogens with zero attached hydrogens (tertiary/aromatic N) is 5. The Bertz CT molecular complexity index is 1350. The zero-order valence-electron chi connectivity index (χ0n) is 18.0. The van der Waals surface area contributed by atoms with E-state index < -0.39 is 0 Å². The highest BCUT2D eigenvalue weighted by Crippen LogP contribution is 2.22. The van der Waals surface area contributed by atoms with Gasteiger partial charge in [-0.3, -0.25) is 18.5 Å². The lowest BCUT2D eigenvalue weighted by atomic mass is 10.2. The van der Waals surface area contributed by atoms with Crippen LogP contribution in [0, 0.1) is 0 Å². The van der Waals surface area contributed by atoms with Crippen LogP contribution in [-0.4, -0.2) is 45.0 Å². The molecule has 1 saturated heterocycles. The van der Waals surface area contributed by atoms with Crippen molar-refractivity contribution >= 4 is 17.1 Å². The zero-order chi connectivity index (χ0) is 22.1. The summed E-state index contributed by atoms with van der Waals surface area (Å²) in [5.41, 5.74) is 2.10. The molecule has 1 fully saturated rings. The molecule has 0 N–H and O–H groups in total. The van der Waals surface area contributed by atoms with Crippen LogP contribution in [0.25, 0.3) is 11.2 Å². The van der Waals surface area contributed by atoms with Crippen LogP contribution in [0.4, 0.5) is 5.95 Å². The Morgan fingerprint density at radius 3 is 2.00 bits per heavy atom. The molecule has 0 unspecified atom stereocenters. The van der Waals surface area contributed by atoms with E-state index in [-0.39, 0.29) is 17.8 Å². The minimum atomic E-state index is -0.371. The summed E-state index contributed by atoms with van der Waals surface area (Å²) in [6.07, 6.45) is 0. The Balaban J connectivity index is 1.73. The van der Waals surface area contributed by atoms with Gasteiger partial charge in [-0.15, -0.1) is 0 Å². The molecule has 1 aliphatic rings. The molecule has 0 saturated carbocycles. The Hall–Kier alpha value is -3.65. The highest BCUT2D eigenvalue weighted by atomic mass is 16.5. The van der Waals surface area contributed by atoms with Crippen molar-refractivity contribution in [1.29, 1.82) is 0 Å². The van der Waals surface area contributed by atoms with Gasteiger partial charge in [0.25, 0.3) is 5.56 Å². The molecule has 0 atom stereocenters. The van der Waals surface area contributed by atoms with Gasteiger partial charge in [-0.05, 0) is 11.1 Å². The second-order valence-corrected chi connectivity index (χ2v) is 7.97. The summed E-state index contributed by atoms with van der Waals surface area (Å²) in [6, 6.07) is 19.5. The van der Waals surface area contributed by atoms with E-state index >= 15 is 0 Å². The molecule has 0 radical (unpaired) electrons. The summed E-state index contributed by atoms with van der Waals surface area (Å²) < 4.78 is 10.2. The molecule has 8 heteroatoms. The minimum absolute atomic E-state index is 0.214. The molecule has 2 aromatic heterocycles.